The summed E-state index contributed by atoms with van der Waals surface area (Å²) in [4.78, 5) is 74.4. The van der Waals surface area contributed by atoms with Crippen LogP contribution in [-0.2, 0) is 35.3 Å². The van der Waals surface area contributed by atoms with Crippen molar-refractivity contribution in [3.8, 4) is 0 Å². The number of anilines is 2. The van der Waals surface area contributed by atoms with Gasteiger partial charge in [-0.1, -0.05) is 46.7 Å². The van der Waals surface area contributed by atoms with Gasteiger partial charge in [-0.15, -0.1) is 0 Å². The number of amides is 4. The molecule has 4 aliphatic heterocycles. The van der Waals surface area contributed by atoms with E-state index >= 15 is 0 Å². The van der Waals surface area contributed by atoms with E-state index in [-0.39, 0.29) is 0 Å². The van der Waals surface area contributed by atoms with Crippen LogP contribution < -0.4 is 9.80 Å². The van der Waals surface area contributed by atoms with Gasteiger partial charge in [-0.2, -0.15) is 0 Å². The highest BCUT2D eigenvalue weighted by Gasteiger charge is 2.57. The van der Waals surface area contributed by atoms with Crippen LogP contribution >= 0.6 is 0 Å². The van der Waals surface area contributed by atoms with Gasteiger partial charge in [0.25, 0.3) is 11.8 Å². The fourth-order valence-corrected chi connectivity index (χ4v) is 6.08. The number of hydrogen-bond donors (Lipinski definition) is 0. The van der Waals surface area contributed by atoms with E-state index in [1.165, 1.54) is 0 Å². The van der Waals surface area contributed by atoms with Crippen LogP contribution in [0.2, 0.25) is 0 Å². The molecule has 4 aromatic rings. The summed E-state index contributed by atoms with van der Waals surface area (Å²) in [6.07, 6.45) is 1.70. The first kappa shape index (κ1) is 26.6. The number of imide groups is 2. The molecule has 45 heavy (non-hydrogen) atoms. The summed E-state index contributed by atoms with van der Waals surface area (Å²) in [5.74, 6) is -3.45. The first-order valence-electron chi connectivity index (χ1n) is 14.2. The van der Waals surface area contributed by atoms with E-state index in [4.69, 9.17) is 9.68 Å². The number of benzene rings is 2. The van der Waals surface area contributed by atoms with Gasteiger partial charge in [0.15, 0.2) is 0 Å². The lowest BCUT2D eigenvalue weighted by Gasteiger charge is -2.16. The topological polar surface area (TPSA) is 144 Å². The van der Waals surface area contributed by atoms with Crippen molar-refractivity contribution in [3.05, 3.63) is 120 Å². The van der Waals surface area contributed by atoms with Crippen molar-refractivity contribution < 1.29 is 28.9 Å². The highest BCUT2D eigenvalue weighted by molar-refractivity contribution is 6.33. The molecule has 220 valence electrons. The summed E-state index contributed by atoms with van der Waals surface area (Å²) in [6, 6.07) is 24.8. The zero-order valence-electron chi connectivity index (χ0n) is 23.4. The average Bonchev–Trinajstić information content (AvgIpc) is 3.82. The number of aromatic nitrogens is 2. The summed E-state index contributed by atoms with van der Waals surface area (Å²) in [5, 5.41) is 7.96. The Morgan fingerprint density at radius 1 is 0.533 bits per heavy atom. The van der Waals surface area contributed by atoms with Crippen LogP contribution in [0.5, 0.6) is 0 Å². The first-order chi connectivity index (χ1) is 22.0. The number of carbonyl (C=O) groups is 4. The molecule has 0 saturated carbocycles. The van der Waals surface area contributed by atoms with Crippen molar-refractivity contribution in [1.82, 2.24) is 9.97 Å². The van der Waals surface area contributed by atoms with Gasteiger partial charge < -0.3 is 9.68 Å². The Bertz CT molecular complexity index is 1790. The van der Waals surface area contributed by atoms with Gasteiger partial charge in [-0.25, -0.2) is 9.80 Å². The molecule has 2 saturated heterocycles. The molecule has 12 heteroatoms. The Hall–Kier alpha value is -6.04. The van der Waals surface area contributed by atoms with E-state index in [0.717, 1.165) is 20.9 Å². The van der Waals surface area contributed by atoms with Gasteiger partial charge in [-0.3, -0.25) is 29.1 Å². The number of hydrogen-bond acceptors (Lipinski definition) is 10. The fourth-order valence-electron chi connectivity index (χ4n) is 6.08. The largest absolute Gasteiger partial charge is 0.381 e. The van der Waals surface area contributed by atoms with Gasteiger partial charge in [0.1, 0.15) is 23.3 Å². The predicted octanol–water partition coefficient (Wildman–Crippen LogP) is 2.65. The Labute approximate surface area is 255 Å². The first-order valence-corrected chi connectivity index (χ1v) is 14.2. The smallest absolute Gasteiger partial charge is 0.278 e. The van der Waals surface area contributed by atoms with E-state index in [1.807, 2.05) is 24.3 Å². The molecule has 2 fully saturated rings. The molecule has 12 nitrogen and oxygen atoms in total. The zero-order chi connectivity index (χ0) is 30.7. The summed E-state index contributed by atoms with van der Waals surface area (Å²) in [5.41, 5.74) is 4.42. The van der Waals surface area contributed by atoms with Crippen LogP contribution in [0.25, 0.3) is 0 Å². The normalized spacial score (nSPS) is 23.5. The molecule has 2 aromatic heterocycles. The maximum Gasteiger partial charge on any atom is 0.278 e. The third-order valence-electron chi connectivity index (χ3n) is 8.28. The molecule has 2 aromatic carbocycles. The lowest BCUT2D eigenvalue weighted by Crippen LogP contribution is -2.33. The quantitative estimate of drug-likeness (QED) is 0.308. The highest BCUT2D eigenvalue weighted by Crippen LogP contribution is 2.36. The minimum atomic E-state index is -1.01. The number of pyridine rings is 2. The molecule has 0 spiro atoms. The van der Waals surface area contributed by atoms with Crippen molar-refractivity contribution in [2.24, 2.45) is 22.1 Å². The minimum Gasteiger partial charge on any atom is -0.381 e. The van der Waals surface area contributed by atoms with E-state index in [0.29, 0.717) is 40.6 Å². The lowest BCUT2D eigenvalue weighted by atomic mass is 9.97. The van der Waals surface area contributed by atoms with Crippen LogP contribution in [0.4, 0.5) is 11.4 Å². The predicted molar refractivity (Wildman–Crippen MR) is 159 cm³/mol. The van der Waals surface area contributed by atoms with Gasteiger partial charge >= 0.3 is 0 Å². The van der Waals surface area contributed by atoms with Crippen LogP contribution in [0.3, 0.4) is 0 Å². The third-order valence-corrected chi connectivity index (χ3v) is 8.28. The second-order valence-corrected chi connectivity index (χ2v) is 10.9. The Balaban J connectivity index is 0.954. The van der Waals surface area contributed by atoms with E-state index in [2.05, 4.69) is 20.3 Å². The van der Waals surface area contributed by atoms with Crippen LogP contribution in [-0.4, -0.2) is 57.2 Å². The maximum absolute atomic E-state index is 13.3. The van der Waals surface area contributed by atoms with Crippen LogP contribution in [0.15, 0.2) is 108 Å². The Morgan fingerprint density at radius 3 is 1.33 bits per heavy atom. The zero-order valence-corrected chi connectivity index (χ0v) is 23.4. The fraction of sp³-hybridized carbons (Fsp3) is 0.152. The van der Waals surface area contributed by atoms with Crippen LogP contribution in [0.1, 0.15) is 22.5 Å². The van der Waals surface area contributed by atoms with E-state index in [9.17, 15) is 19.2 Å². The average molecular weight is 599 g/mol. The maximum atomic E-state index is 13.3. The number of nitrogens with zero attached hydrogens (tertiary/aromatic N) is 6. The molecule has 0 radical (unpaired) electrons. The number of carbonyl (C=O) groups excluding carboxylic acids is 4. The van der Waals surface area contributed by atoms with Gasteiger partial charge in [0, 0.05) is 12.4 Å². The minimum absolute atomic E-state index is 0.344. The second kappa shape index (κ2) is 10.3. The molecule has 4 amide bonds. The molecule has 0 N–H and O–H groups in total. The molecule has 4 aliphatic rings. The van der Waals surface area contributed by atoms with Crippen molar-refractivity contribution in [2.75, 3.05) is 9.80 Å². The molecule has 0 bridgehead atoms. The SMILES string of the molecule is O=C1C2ON=C(c3ccccn3)C2C(=O)N1c1ccc(Cc2ccc(N3C(=O)C4ON=C(c5ccccn5)C4C3=O)cc2)cc1. The highest BCUT2D eigenvalue weighted by atomic mass is 16.7. The van der Waals surface area contributed by atoms with Crippen molar-refractivity contribution >= 4 is 46.4 Å². The summed E-state index contributed by atoms with van der Waals surface area (Å²) in [6.45, 7) is 0. The molecule has 0 aliphatic carbocycles. The Morgan fingerprint density at radius 2 is 0.956 bits per heavy atom. The second-order valence-electron chi connectivity index (χ2n) is 10.9. The molecule has 6 heterocycles. The molecule has 8 rings (SSSR count). The van der Waals surface area contributed by atoms with Crippen molar-refractivity contribution in [2.45, 2.75) is 18.6 Å². The summed E-state index contributed by atoms with van der Waals surface area (Å²) < 4.78 is 0. The van der Waals surface area contributed by atoms with Crippen LogP contribution in [0, 0.1) is 11.8 Å². The lowest BCUT2D eigenvalue weighted by molar-refractivity contribution is -0.127. The molecular formula is C33H22N6O6. The van der Waals surface area contributed by atoms with Crippen molar-refractivity contribution in [1.29, 1.82) is 0 Å². The van der Waals surface area contributed by atoms with Crippen molar-refractivity contribution in [3.63, 3.8) is 0 Å². The van der Waals surface area contributed by atoms with Gasteiger partial charge in [0.2, 0.25) is 24.0 Å². The molecule has 4 unspecified atom stereocenters. The van der Waals surface area contributed by atoms with E-state index < -0.39 is 47.7 Å². The Kier molecular flexibility index (Phi) is 6.08. The monoisotopic (exact) mass is 598 g/mol. The standard InChI is InChI=1S/C33H22N6O6/c40-30-24-26(22-5-1-3-15-34-22)36-44-28(24)32(42)38(30)20-11-7-18(8-12-20)17-19-9-13-21(14-10-19)39-31(41)25-27(23-6-2-4-16-35-23)37-45-29(25)33(39)43/h1-16,24-25,28-29H,17H2. The number of rotatable bonds is 6. The van der Waals surface area contributed by atoms with Gasteiger partial charge in [0.05, 0.1) is 22.8 Å². The molecular weight excluding hydrogens is 576 g/mol. The van der Waals surface area contributed by atoms with E-state index in [1.54, 1.807) is 73.1 Å². The summed E-state index contributed by atoms with van der Waals surface area (Å²) in [7, 11) is 0. The third kappa shape index (κ3) is 4.21. The molecule has 4 atom stereocenters. The number of oxime groups is 2. The number of fused-ring (bicyclic) bond motifs is 2. The summed E-state index contributed by atoms with van der Waals surface area (Å²) >= 11 is 0. The van der Waals surface area contributed by atoms with Gasteiger partial charge in [-0.05, 0) is 66.1 Å².